The van der Waals surface area contributed by atoms with Crippen LogP contribution in [0.1, 0.15) is 37.0 Å². The van der Waals surface area contributed by atoms with Gasteiger partial charge in [-0.1, -0.05) is 18.2 Å². The van der Waals surface area contributed by atoms with E-state index in [4.69, 9.17) is 17.5 Å². The first-order valence-electron chi connectivity index (χ1n) is 10.7. The van der Waals surface area contributed by atoms with Crippen molar-refractivity contribution in [3.8, 4) is 6.07 Å². The van der Waals surface area contributed by atoms with Gasteiger partial charge >= 0.3 is 6.18 Å². The number of benzene rings is 2. The van der Waals surface area contributed by atoms with Crippen LogP contribution in [0.25, 0.3) is 0 Å². The molecule has 2 aromatic rings. The summed E-state index contributed by atoms with van der Waals surface area (Å²) in [7, 11) is 0. The lowest BCUT2D eigenvalue weighted by Crippen LogP contribution is -2.48. The number of fused-ring (bicyclic) bond motifs is 1. The molecule has 0 aliphatic carbocycles. The number of halogens is 3. The van der Waals surface area contributed by atoms with Crippen LogP contribution in [0.2, 0.25) is 0 Å². The second-order valence-corrected chi connectivity index (χ2v) is 9.06. The van der Waals surface area contributed by atoms with Crippen LogP contribution >= 0.6 is 12.2 Å². The standard InChI is InChI=1S/C24H23F3N4OS/c1-23(2)21(32)31(18-10-9-17(15-28)19(14-18)24(25,26)27)22(33)30(23)13-12-29-11-5-7-16-6-3-4-8-20(16)29/h3-4,6,8-10,14H,5,7,11-13H2,1-2H3. The predicted molar refractivity (Wildman–Crippen MR) is 124 cm³/mol. The Bertz CT molecular complexity index is 1160. The first kappa shape index (κ1) is 23.1. The highest BCUT2D eigenvalue weighted by atomic mass is 32.1. The minimum atomic E-state index is -4.72. The molecule has 1 saturated heterocycles. The maximum absolute atomic E-state index is 13.5. The third-order valence-electron chi connectivity index (χ3n) is 6.31. The molecule has 0 aromatic heterocycles. The Hall–Kier alpha value is -3.12. The van der Waals surface area contributed by atoms with Crippen LogP contribution in [0.5, 0.6) is 0 Å². The Morgan fingerprint density at radius 3 is 2.58 bits per heavy atom. The van der Waals surface area contributed by atoms with Crippen molar-refractivity contribution in [3.05, 3.63) is 59.2 Å². The number of hydrogen-bond donors (Lipinski definition) is 0. The first-order chi connectivity index (χ1) is 15.6. The molecule has 2 heterocycles. The number of alkyl halides is 3. The largest absolute Gasteiger partial charge is 0.417 e. The summed E-state index contributed by atoms with van der Waals surface area (Å²) in [5, 5.41) is 9.22. The molecule has 1 amide bonds. The van der Waals surface area contributed by atoms with Crippen molar-refractivity contribution in [2.75, 3.05) is 29.4 Å². The van der Waals surface area contributed by atoms with Crippen molar-refractivity contribution >= 4 is 34.6 Å². The summed E-state index contributed by atoms with van der Waals surface area (Å²) in [6, 6.07) is 13.0. The molecule has 9 heteroatoms. The lowest BCUT2D eigenvalue weighted by atomic mass is 10.0. The van der Waals surface area contributed by atoms with Crippen LogP contribution in [0.4, 0.5) is 24.5 Å². The topological polar surface area (TPSA) is 50.6 Å². The van der Waals surface area contributed by atoms with Gasteiger partial charge in [0.2, 0.25) is 0 Å². The third-order valence-corrected chi connectivity index (χ3v) is 6.71. The van der Waals surface area contributed by atoms with Crippen molar-refractivity contribution in [2.24, 2.45) is 0 Å². The van der Waals surface area contributed by atoms with Gasteiger partial charge in [-0.05, 0) is 68.7 Å². The minimum Gasteiger partial charge on any atom is -0.370 e. The number of thiocarbonyl (C=S) groups is 1. The average Bonchev–Trinajstić information content (AvgIpc) is 2.95. The molecule has 0 radical (unpaired) electrons. The van der Waals surface area contributed by atoms with Crippen LogP contribution < -0.4 is 9.80 Å². The van der Waals surface area contributed by atoms with Crippen LogP contribution in [0.3, 0.4) is 0 Å². The number of hydrogen-bond acceptors (Lipinski definition) is 4. The van der Waals surface area contributed by atoms with Gasteiger partial charge in [0.25, 0.3) is 5.91 Å². The first-order valence-corrected chi connectivity index (χ1v) is 11.1. The summed E-state index contributed by atoms with van der Waals surface area (Å²) in [6.07, 6.45) is -2.67. The van der Waals surface area contributed by atoms with Crippen LogP contribution in [-0.2, 0) is 17.4 Å². The van der Waals surface area contributed by atoms with Gasteiger partial charge in [0.05, 0.1) is 22.9 Å². The summed E-state index contributed by atoms with van der Waals surface area (Å²) in [4.78, 5) is 18.4. The van der Waals surface area contributed by atoms with Gasteiger partial charge in [0.1, 0.15) is 5.54 Å². The summed E-state index contributed by atoms with van der Waals surface area (Å²) < 4.78 is 40.4. The average molecular weight is 473 g/mol. The van der Waals surface area contributed by atoms with E-state index >= 15 is 0 Å². The van der Waals surface area contributed by atoms with Crippen molar-refractivity contribution in [3.63, 3.8) is 0 Å². The van der Waals surface area contributed by atoms with Gasteiger partial charge in [-0.3, -0.25) is 9.69 Å². The number of carbonyl (C=O) groups is 1. The summed E-state index contributed by atoms with van der Waals surface area (Å²) in [6.45, 7) is 5.41. The fraction of sp³-hybridized carbons (Fsp3) is 0.375. The minimum absolute atomic E-state index is 0.00946. The molecule has 4 rings (SSSR count). The SMILES string of the molecule is CC1(C)C(=O)N(c2ccc(C#N)c(C(F)(F)F)c2)C(=S)N1CCN1CCCc2ccccc21. The molecule has 33 heavy (non-hydrogen) atoms. The molecule has 2 aliphatic heterocycles. The fourth-order valence-electron chi connectivity index (χ4n) is 4.51. The fourth-order valence-corrected chi connectivity index (χ4v) is 5.01. The maximum atomic E-state index is 13.5. The number of carbonyl (C=O) groups excluding carboxylic acids is 1. The highest BCUT2D eigenvalue weighted by molar-refractivity contribution is 7.80. The zero-order valence-corrected chi connectivity index (χ0v) is 19.1. The van der Waals surface area contributed by atoms with E-state index in [0.717, 1.165) is 42.1 Å². The zero-order chi connectivity index (χ0) is 24.0. The van der Waals surface area contributed by atoms with Crippen molar-refractivity contribution in [1.29, 1.82) is 5.26 Å². The molecular weight excluding hydrogens is 449 g/mol. The molecule has 1 fully saturated rings. The molecular formula is C24H23F3N4OS. The predicted octanol–water partition coefficient (Wildman–Crippen LogP) is 4.74. The third kappa shape index (κ3) is 4.04. The van der Waals surface area contributed by atoms with Crippen molar-refractivity contribution in [1.82, 2.24) is 4.90 Å². The van der Waals surface area contributed by atoms with E-state index in [1.54, 1.807) is 24.8 Å². The molecule has 0 spiro atoms. The maximum Gasteiger partial charge on any atom is 0.417 e. The number of rotatable bonds is 4. The van der Waals surface area contributed by atoms with E-state index in [9.17, 15) is 18.0 Å². The van der Waals surface area contributed by atoms with Gasteiger partial charge in [-0.15, -0.1) is 0 Å². The number of anilines is 2. The number of para-hydroxylation sites is 1. The highest BCUT2D eigenvalue weighted by Gasteiger charge is 2.49. The highest BCUT2D eigenvalue weighted by Crippen LogP contribution is 2.38. The number of amides is 1. The van der Waals surface area contributed by atoms with E-state index in [0.29, 0.717) is 13.1 Å². The van der Waals surface area contributed by atoms with Crippen LogP contribution in [-0.4, -0.2) is 41.1 Å². The van der Waals surface area contributed by atoms with Gasteiger partial charge in [-0.25, -0.2) is 0 Å². The monoisotopic (exact) mass is 472 g/mol. The molecule has 172 valence electrons. The van der Waals surface area contributed by atoms with E-state index < -0.39 is 28.7 Å². The smallest absolute Gasteiger partial charge is 0.370 e. The van der Waals surface area contributed by atoms with E-state index in [-0.39, 0.29) is 10.8 Å². The Morgan fingerprint density at radius 2 is 1.88 bits per heavy atom. The molecule has 0 bridgehead atoms. The molecule has 5 nitrogen and oxygen atoms in total. The van der Waals surface area contributed by atoms with Gasteiger partial charge in [0.15, 0.2) is 5.11 Å². The van der Waals surface area contributed by atoms with E-state index in [2.05, 4.69) is 17.0 Å². The zero-order valence-electron chi connectivity index (χ0n) is 18.3. The molecule has 2 aromatic carbocycles. The summed E-state index contributed by atoms with van der Waals surface area (Å²) in [5.74, 6) is -0.399. The van der Waals surface area contributed by atoms with E-state index in [1.807, 2.05) is 12.1 Å². The molecule has 0 N–H and O–H groups in total. The molecule has 0 atom stereocenters. The van der Waals surface area contributed by atoms with Crippen molar-refractivity contribution < 1.29 is 18.0 Å². The second-order valence-electron chi connectivity index (χ2n) is 8.69. The Morgan fingerprint density at radius 1 is 1.15 bits per heavy atom. The number of aryl methyl sites for hydroxylation is 1. The van der Waals surface area contributed by atoms with Gasteiger partial charge < -0.3 is 9.80 Å². The van der Waals surface area contributed by atoms with Crippen molar-refractivity contribution in [2.45, 2.75) is 38.4 Å². The Kier molecular flexibility index (Phi) is 5.83. The molecule has 2 aliphatic rings. The lowest BCUT2D eigenvalue weighted by molar-refractivity contribution is -0.137. The quantitative estimate of drug-likeness (QED) is 0.602. The normalized spacial score (nSPS) is 17.9. The van der Waals surface area contributed by atoms with Gasteiger partial charge in [0, 0.05) is 25.3 Å². The lowest BCUT2D eigenvalue weighted by Gasteiger charge is -2.35. The van der Waals surface area contributed by atoms with E-state index in [1.165, 1.54) is 11.6 Å². The Balaban J connectivity index is 1.60. The summed E-state index contributed by atoms with van der Waals surface area (Å²) >= 11 is 5.58. The van der Waals surface area contributed by atoms with Crippen LogP contribution in [0, 0.1) is 11.3 Å². The number of nitrogens with zero attached hydrogens (tertiary/aromatic N) is 4. The molecule has 0 unspecified atom stereocenters. The van der Waals surface area contributed by atoms with Crippen LogP contribution in [0.15, 0.2) is 42.5 Å². The van der Waals surface area contributed by atoms with Gasteiger partial charge in [-0.2, -0.15) is 18.4 Å². The second kappa shape index (κ2) is 8.34. The number of nitriles is 1. The summed E-state index contributed by atoms with van der Waals surface area (Å²) in [5.41, 5.74) is -0.143. The Labute approximate surface area is 196 Å². The molecule has 0 saturated carbocycles.